The Morgan fingerprint density at radius 3 is 2.89 bits per heavy atom. The lowest BCUT2D eigenvalue weighted by Gasteiger charge is -2.42. The van der Waals surface area contributed by atoms with Crippen molar-refractivity contribution in [2.45, 2.75) is 32.9 Å². The molecule has 5 nitrogen and oxygen atoms in total. The number of nitrogens with two attached hydrogens (primary N) is 1. The maximum atomic E-state index is 10.8. The van der Waals surface area contributed by atoms with Crippen molar-refractivity contribution < 1.29 is 4.92 Å². The molecule has 1 atom stereocenters. The van der Waals surface area contributed by atoms with Crippen LogP contribution in [-0.4, -0.2) is 29.0 Å². The van der Waals surface area contributed by atoms with E-state index in [-0.39, 0.29) is 22.1 Å². The van der Waals surface area contributed by atoms with E-state index < -0.39 is 0 Å². The number of nitro benzene ring substituents is 1. The van der Waals surface area contributed by atoms with Crippen molar-refractivity contribution in [3.05, 3.63) is 39.9 Å². The van der Waals surface area contributed by atoms with Crippen LogP contribution in [0.2, 0.25) is 0 Å². The molecule has 1 heterocycles. The summed E-state index contributed by atoms with van der Waals surface area (Å²) in [5.74, 6) is 0. The van der Waals surface area contributed by atoms with Crippen LogP contribution in [-0.2, 0) is 6.54 Å². The number of hydrogen-bond acceptors (Lipinski definition) is 4. The van der Waals surface area contributed by atoms with E-state index in [1.807, 2.05) is 6.07 Å². The number of rotatable bonds is 3. The smallest absolute Gasteiger partial charge is 0.269 e. The average Bonchev–Trinajstić information content (AvgIpc) is 2.34. The zero-order valence-electron chi connectivity index (χ0n) is 11.5. The minimum Gasteiger partial charge on any atom is -0.327 e. The van der Waals surface area contributed by atoms with Crippen LogP contribution in [0.15, 0.2) is 24.3 Å². The second-order valence-corrected chi connectivity index (χ2v) is 6.02. The van der Waals surface area contributed by atoms with Crippen molar-refractivity contribution in [2.75, 3.05) is 13.1 Å². The summed E-state index contributed by atoms with van der Waals surface area (Å²) >= 11 is 0. The van der Waals surface area contributed by atoms with Gasteiger partial charge in [-0.1, -0.05) is 26.0 Å². The summed E-state index contributed by atoms with van der Waals surface area (Å²) in [5, 5.41) is 10.8. The highest BCUT2D eigenvalue weighted by Gasteiger charge is 2.33. The standard InChI is InChI=1S/C14H21N3O2/c1-14(2)10-16(7-6-13(14)15)9-11-4-3-5-12(8-11)17(18)19/h3-5,8,13H,6-7,9-10,15H2,1-2H3. The van der Waals surface area contributed by atoms with Gasteiger partial charge in [0, 0.05) is 37.8 Å². The van der Waals surface area contributed by atoms with Crippen molar-refractivity contribution in [1.29, 1.82) is 0 Å². The van der Waals surface area contributed by atoms with Crippen molar-refractivity contribution in [3.63, 3.8) is 0 Å². The number of hydrogen-bond donors (Lipinski definition) is 1. The zero-order valence-corrected chi connectivity index (χ0v) is 11.5. The topological polar surface area (TPSA) is 72.4 Å². The Bertz CT molecular complexity index is 474. The third-order valence-electron chi connectivity index (χ3n) is 3.92. The molecule has 0 bridgehead atoms. The Balaban J connectivity index is 2.05. The van der Waals surface area contributed by atoms with Gasteiger partial charge in [-0.2, -0.15) is 0 Å². The van der Waals surface area contributed by atoms with Gasteiger partial charge in [0.2, 0.25) is 0 Å². The van der Waals surface area contributed by atoms with Crippen LogP contribution >= 0.6 is 0 Å². The summed E-state index contributed by atoms with van der Waals surface area (Å²) in [6, 6.07) is 7.10. The highest BCUT2D eigenvalue weighted by atomic mass is 16.6. The molecule has 0 amide bonds. The molecule has 1 unspecified atom stereocenters. The van der Waals surface area contributed by atoms with Gasteiger partial charge in [0.05, 0.1) is 4.92 Å². The van der Waals surface area contributed by atoms with Gasteiger partial charge in [0.1, 0.15) is 0 Å². The highest BCUT2D eigenvalue weighted by Crippen LogP contribution is 2.28. The van der Waals surface area contributed by atoms with Crippen molar-refractivity contribution in [3.8, 4) is 0 Å². The lowest BCUT2D eigenvalue weighted by Crippen LogP contribution is -2.52. The number of benzene rings is 1. The van der Waals surface area contributed by atoms with Crippen LogP contribution in [0.25, 0.3) is 0 Å². The van der Waals surface area contributed by atoms with Gasteiger partial charge in [-0.3, -0.25) is 15.0 Å². The molecule has 0 aliphatic carbocycles. The van der Waals surface area contributed by atoms with Crippen LogP contribution in [0.3, 0.4) is 0 Å². The highest BCUT2D eigenvalue weighted by molar-refractivity contribution is 5.34. The zero-order chi connectivity index (χ0) is 14.0. The molecular formula is C14H21N3O2. The van der Waals surface area contributed by atoms with E-state index in [0.717, 1.165) is 31.6 Å². The summed E-state index contributed by atoms with van der Waals surface area (Å²) in [4.78, 5) is 12.7. The van der Waals surface area contributed by atoms with E-state index in [2.05, 4.69) is 18.7 Å². The first kappa shape index (κ1) is 14.0. The van der Waals surface area contributed by atoms with E-state index in [9.17, 15) is 10.1 Å². The van der Waals surface area contributed by atoms with Gasteiger partial charge in [-0.25, -0.2) is 0 Å². The second kappa shape index (κ2) is 5.27. The number of nitrogens with zero attached hydrogens (tertiary/aromatic N) is 2. The molecule has 0 saturated carbocycles. The van der Waals surface area contributed by atoms with Crippen molar-refractivity contribution >= 4 is 5.69 Å². The van der Waals surface area contributed by atoms with E-state index in [1.54, 1.807) is 12.1 Å². The second-order valence-electron chi connectivity index (χ2n) is 6.02. The van der Waals surface area contributed by atoms with Crippen LogP contribution in [0.5, 0.6) is 0 Å². The predicted molar refractivity (Wildman–Crippen MR) is 74.7 cm³/mol. The predicted octanol–water partition coefficient (Wildman–Crippen LogP) is 2.15. The molecule has 19 heavy (non-hydrogen) atoms. The third kappa shape index (κ3) is 3.30. The molecule has 2 rings (SSSR count). The largest absolute Gasteiger partial charge is 0.327 e. The monoisotopic (exact) mass is 263 g/mol. The third-order valence-corrected chi connectivity index (χ3v) is 3.92. The minimum atomic E-state index is -0.348. The summed E-state index contributed by atoms with van der Waals surface area (Å²) in [5.41, 5.74) is 7.36. The molecular weight excluding hydrogens is 242 g/mol. The van der Waals surface area contributed by atoms with E-state index >= 15 is 0 Å². The quantitative estimate of drug-likeness (QED) is 0.670. The van der Waals surface area contributed by atoms with E-state index in [1.165, 1.54) is 6.07 Å². The van der Waals surface area contributed by atoms with Crippen molar-refractivity contribution in [1.82, 2.24) is 4.90 Å². The molecule has 1 fully saturated rings. The molecule has 1 aromatic rings. The van der Waals surface area contributed by atoms with Gasteiger partial charge >= 0.3 is 0 Å². The van der Waals surface area contributed by atoms with Gasteiger partial charge in [0.15, 0.2) is 0 Å². The number of non-ortho nitro benzene ring substituents is 1. The minimum absolute atomic E-state index is 0.0962. The summed E-state index contributed by atoms with van der Waals surface area (Å²) in [6.45, 7) is 6.98. The molecule has 1 aromatic carbocycles. The van der Waals surface area contributed by atoms with Crippen LogP contribution < -0.4 is 5.73 Å². The Kier molecular flexibility index (Phi) is 3.87. The number of likely N-dealkylation sites (tertiary alicyclic amines) is 1. The van der Waals surface area contributed by atoms with Gasteiger partial charge in [-0.15, -0.1) is 0 Å². The fourth-order valence-corrected chi connectivity index (χ4v) is 2.65. The Morgan fingerprint density at radius 2 is 2.26 bits per heavy atom. The first-order valence-corrected chi connectivity index (χ1v) is 6.60. The lowest BCUT2D eigenvalue weighted by atomic mass is 9.79. The maximum Gasteiger partial charge on any atom is 0.269 e. The van der Waals surface area contributed by atoms with Crippen molar-refractivity contribution in [2.24, 2.45) is 11.1 Å². The van der Waals surface area contributed by atoms with Gasteiger partial charge in [0.25, 0.3) is 5.69 Å². The molecule has 0 radical (unpaired) electrons. The van der Waals surface area contributed by atoms with Crippen LogP contribution in [0.4, 0.5) is 5.69 Å². The SMILES string of the molecule is CC1(C)CN(Cc2cccc([N+](=O)[O-])c2)CCC1N. The summed E-state index contributed by atoms with van der Waals surface area (Å²) in [7, 11) is 0. The summed E-state index contributed by atoms with van der Waals surface area (Å²) in [6.07, 6.45) is 0.974. The van der Waals surface area contributed by atoms with Crippen LogP contribution in [0.1, 0.15) is 25.8 Å². The lowest BCUT2D eigenvalue weighted by molar-refractivity contribution is -0.384. The molecule has 2 N–H and O–H groups in total. The maximum absolute atomic E-state index is 10.8. The first-order valence-electron chi connectivity index (χ1n) is 6.60. The van der Waals surface area contributed by atoms with E-state index in [0.29, 0.717) is 0 Å². The number of nitro groups is 1. The molecule has 1 aliphatic heterocycles. The molecule has 104 valence electrons. The molecule has 0 aromatic heterocycles. The Hall–Kier alpha value is -1.46. The number of piperidine rings is 1. The Morgan fingerprint density at radius 1 is 1.53 bits per heavy atom. The normalized spacial score (nSPS) is 23.2. The first-order chi connectivity index (χ1) is 8.88. The molecule has 0 spiro atoms. The van der Waals surface area contributed by atoms with Crippen LogP contribution in [0, 0.1) is 15.5 Å². The fourth-order valence-electron chi connectivity index (χ4n) is 2.65. The average molecular weight is 263 g/mol. The van der Waals surface area contributed by atoms with Gasteiger partial charge in [-0.05, 0) is 17.4 Å². The van der Waals surface area contributed by atoms with Gasteiger partial charge < -0.3 is 5.73 Å². The molecule has 1 aliphatic rings. The molecule has 5 heteroatoms. The van der Waals surface area contributed by atoms with E-state index in [4.69, 9.17) is 5.73 Å². The Labute approximate surface area is 113 Å². The fraction of sp³-hybridized carbons (Fsp3) is 0.571. The summed E-state index contributed by atoms with van der Waals surface area (Å²) < 4.78 is 0. The molecule has 1 saturated heterocycles.